The Bertz CT molecular complexity index is 1120. The first-order valence-corrected chi connectivity index (χ1v) is 9.60. The molecule has 0 radical (unpaired) electrons. The van der Waals surface area contributed by atoms with Gasteiger partial charge in [-0.1, -0.05) is 12.1 Å². The van der Waals surface area contributed by atoms with E-state index in [4.69, 9.17) is 5.73 Å². The zero-order chi connectivity index (χ0) is 22.0. The number of hydrogen-bond acceptors (Lipinski definition) is 5. The third-order valence-corrected chi connectivity index (χ3v) is 5.15. The number of nitrogens with one attached hydrogen (secondary N) is 1. The minimum Gasteiger partial charge on any atom is -0.369 e. The number of primary amides is 1. The molecule has 1 aliphatic carbocycles. The Morgan fingerprint density at radius 2 is 1.61 bits per heavy atom. The Morgan fingerprint density at radius 3 is 2.19 bits per heavy atom. The fourth-order valence-corrected chi connectivity index (χ4v) is 3.19. The summed E-state index contributed by atoms with van der Waals surface area (Å²) in [6, 6.07) is 12.8. The summed E-state index contributed by atoms with van der Waals surface area (Å²) in [4.78, 5) is 35.0. The normalized spacial score (nSPS) is 14.0. The number of nitrogens with zero attached hydrogens (tertiary/aromatic N) is 3. The van der Waals surface area contributed by atoms with Crippen LogP contribution in [0.15, 0.2) is 60.8 Å². The molecule has 3 aromatic rings. The summed E-state index contributed by atoms with van der Waals surface area (Å²) >= 11 is 0. The molecule has 2 amide bonds. The molecule has 0 atom stereocenters. The number of carbonyl (C=O) groups excluding carboxylic acids is 2. The zero-order valence-electron chi connectivity index (χ0n) is 16.4. The number of aromatic nitrogens is 2. The van der Waals surface area contributed by atoms with Gasteiger partial charge in [-0.3, -0.25) is 14.5 Å². The number of anilines is 3. The lowest BCUT2D eigenvalue weighted by Gasteiger charge is -2.25. The highest BCUT2D eigenvalue weighted by Crippen LogP contribution is 2.48. The maximum Gasteiger partial charge on any atom is 0.248 e. The Balaban J connectivity index is 1.64. The molecular formula is C22H19F2N5O2. The fraction of sp³-hybridized carbons (Fsp3) is 0.182. The molecule has 0 unspecified atom stereocenters. The van der Waals surface area contributed by atoms with Crippen molar-refractivity contribution in [1.29, 1.82) is 0 Å². The first-order chi connectivity index (χ1) is 14.9. The van der Waals surface area contributed by atoms with Crippen LogP contribution in [-0.2, 0) is 16.1 Å². The molecule has 1 aliphatic rings. The maximum atomic E-state index is 13.4. The SMILES string of the molecule is NC(=O)C1(C(=O)N(c2ccc(F)cc2)c2ccnc(NCc3ccc(F)cc3)n2)CC1. The van der Waals surface area contributed by atoms with Crippen LogP contribution in [0.2, 0.25) is 0 Å². The summed E-state index contributed by atoms with van der Waals surface area (Å²) < 4.78 is 26.5. The topological polar surface area (TPSA) is 101 Å². The molecular weight excluding hydrogens is 404 g/mol. The minimum absolute atomic E-state index is 0.209. The lowest BCUT2D eigenvalue weighted by atomic mass is 10.0. The van der Waals surface area contributed by atoms with Crippen LogP contribution in [0, 0.1) is 17.0 Å². The fourth-order valence-electron chi connectivity index (χ4n) is 3.19. The van der Waals surface area contributed by atoms with E-state index in [0.29, 0.717) is 25.1 Å². The van der Waals surface area contributed by atoms with Crippen molar-refractivity contribution in [1.82, 2.24) is 9.97 Å². The first-order valence-electron chi connectivity index (χ1n) is 9.60. The number of rotatable bonds is 7. The maximum absolute atomic E-state index is 13.4. The highest BCUT2D eigenvalue weighted by Gasteiger charge is 2.57. The average Bonchev–Trinajstić information content (AvgIpc) is 3.58. The van der Waals surface area contributed by atoms with E-state index in [0.717, 1.165) is 5.56 Å². The summed E-state index contributed by atoms with van der Waals surface area (Å²) in [7, 11) is 0. The van der Waals surface area contributed by atoms with Crippen LogP contribution in [0.4, 0.5) is 26.2 Å². The van der Waals surface area contributed by atoms with E-state index in [9.17, 15) is 18.4 Å². The van der Waals surface area contributed by atoms with Crippen LogP contribution in [0.1, 0.15) is 18.4 Å². The molecule has 1 aromatic heterocycles. The molecule has 0 aliphatic heterocycles. The van der Waals surface area contributed by atoms with Gasteiger partial charge in [-0.15, -0.1) is 0 Å². The van der Waals surface area contributed by atoms with Gasteiger partial charge >= 0.3 is 0 Å². The van der Waals surface area contributed by atoms with Gasteiger partial charge < -0.3 is 11.1 Å². The Labute approximate surface area is 176 Å². The molecule has 1 heterocycles. The van der Waals surface area contributed by atoms with Crippen molar-refractivity contribution in [3.05, 3.63) is 78.0 Å². The quantitative estimate of drug-likeness (QED) is 0.568. The smallest absolute Gasteiger partial charge is 0.248 e. The van der Waals surface area contributed by atoms with Gasteiger partial charge in [0, 0.05) is 18.8 Å². The van der Waals surface area contributed by atoms with Gasteiger partial charge in [0.1, 0.15) is 22.9 Å². The third-order valence-electron chi connectivity index (χ3n) is 5.15. The number of halogens is 2. The van der Waals surface area contributed by atoms with Crippen LogP contribution < -0.4 is 16.0 Å². The summed E-state index contributed by atoms with van der Waals surface area (Å²) in [6.45, 7) is 0.333. The zero-order valence-corrected chi connectivity index (χ0v) is 16.4. The Hall–Kier alpha value is -3.88. The van der Waals surface area contributed by atoms with Crippen molar-refractivity contribution in [2.75, 3.05) is 10.2 Å². The molecule has 7 nitrogen and oxygen atoms in total. The third kappa shape index (κ3) is 4.20. The Kier molecular flexibility index (Phi) is 5.33. The molecule has 31 heavy (non-hydrogen) atoms. The molecule has 4 rings (SSSR count). The first kappa shape index (κ1) is 20.4. The van der Waals surface area contributed by atoms with Crippen molar-refractivity contribution in [2.45, 2.75) is 19.4 Å². The van der Waals surface area contributed by atoms with Crippen molar-refractivity contribution in [3.8, 4) is 0 Å². The number of carbonyl (C=O) groups is 2. The van der Waals surface area contributed by atoms with E-state index in [2.05, 4.69) is 15.3 Å². The second-order valence-corrected chi connectivity index (χ2v) is 7.28. The number of benzene rings is 2. The molecule has 1 fully saturated rings. The minimum atomic E-state index is -1.29. The van der Waals surface area contributed by atoms with Crippen LogP contribution in [0.3, 0.4) is 0 Å². The van der Waals surface area contributed by atoms with Gasteiger partial charge in [0.2, 0.25) is 17.8 Å². The van der Waals surface area contributed by atoms with E-state index < -0.39 is 23.0 Å². The van der Waals surface area contributed by atoms with Crippen molar-refractivity contribution in [3.63, 3.8) is 0 Å². The number of amides is 2. The van der Waals surface area contributed by atoms with E-state index in [1.165, 1.54) is 53.6 Å². The molecule has 0 saturated heterocycles. The average molecular weight is 423 g/mol. The summed E-state index contributed by atoms with van der Waals surface area (Å²) in [6.07, 6.45) is 2.15. The van der Waals surface area contributed by atoms with Crippen LogP contribution >= 0.6 is 0 Å². The van der Waals surface area contributed by atoms with Crippen LogP contribution in [0.25, 0.3) is 0 Å². The lowest BCUT2D eigenvalue weighted by Crippen LogP contribution is -2.41. The molecule has 0 bridgehead atoms. The monoisotopic (exact) mass is 423 g/mol. The van der Waals surface area contributed by atoms with Gasteiger partial charge in [0.25, 0.3) is 0 Å². The summed E-state index contributed by atoms with van der Waals surface area (Å²) in [5.74, 6) is -1.58. The lowest BCUT2D eigenvalue weighted by molar-refractivity contribution is -0.133. The van der Waals surface area contributed by atoms with Gasteiger partial charge in [-0.05, 0) is 54.8 Å². The van der Waals surface area contributed by atoms with E-state index >= 15 is 0 Å². The highest BCUT2D eigenvalue weighted by molar-refractivity contribution is 6.16. The summed E-state index contributed by atoms with van der Waals surface area (Å²) in [5.41, 5.74) is 5.36. The predicted molar refractivity (Wildman–Crippen MR) is 110 cm³/mol. The van der Waals surface area contributed by atoms with Gasteiger partial charge in [-0.25, -0.2) is 13.8 Å². The molecule has 0 spiro atoms. The van der Waals surface area contributed by atoms with Crippen molar-refractivity contribution >= 4 is 29.3 Å². The van der Waals surface area contributed by atoms with Crippen LogP contribution in [-0.4, -0.2) is 21.8 Å². The Morgan fingerprint density at radius 1 is 1.00 bits per heavy atom. The second kappa shape index (κ2) is 8.10. The van der Waals surface area contributed by atoms with E-state index in [1.54, 1.807) is 12.1 Å². The summed E-state index contributed by atoms with van der Waals surface area (Å²) in [5, 5.41) is 3.02. The molecule has 3 N–H and O–H groups in total. The molecule has 2 aromatic carbocycles. The van der Waals surface area contributed by atoms with Gasteiger partial charge in [-0.2, -0.15) is 4.98 Å². The largest absolute Gasteiger partial charge is 0.369 e. The van der Waals surface area contributed by atoms with E-state index in [1.807, 2.05) is 0 Å². The second-order valence-electron chi connectivity index (χ2n) is 7.28. The highest BCUT2D eigenvalue weighted by atomic mass is 19.1. The molecule has 1 saturated carbocycles. The van der Waals surface area contributed by atoms with Gasteiger partial charge in [0.05, 0.1) is 5.69 Å². The number of nitrogens with two attached hydrogens (primary N) is 1. The molecule has 9 heteroatoms. The van der Waals surface area contributed by atoms with E-state index in [-0.39, 0.29) is 17.6 Å². The standard InChI is InChI=1S/C22H19F2N5O2/c23-15-3-1-14(2-4-15)13-27-21-26-12-9-18(28-21)29(17-7-5-16(24)6-8-17)20(31)22(10-11-22)19(25)30/h1-9,12H,10-11,13H2,(H2,25,30)(H,26,27,28). The predicted octanol–water partition coefficient (Wildman–Crippen LogP) is 3.30. The van der Waals surface area contributed by atoms with Gasteiger partial charge in [0.15, 0.2) is 0 Å². The molecule has 158 valence electrons. The van der Waals surface area contributed by atoms with Crippen LogP contribution in [0.5, 0.6) is 0 Å². The van der Waals surface area contributed by atoms with Crippen molar-refractivity contribution < 1.29 is 18.4 Å². The number of hydrogen-bond donors (Lipinski definition) is 2. The van der Waals surface area contributed by atoms with Crippen molar-refractivity contribution in [2.24, 2.45) is 11.1 Å².